The number of ketones is 1. The molecule has 2 saturated carbocycles. The Morgan fingerprint density at radius 2 is 1.87 bits per heavy atom. The van der Waals surface area contributed by atoms with E-state index in [0.717, 1.165) is 30.6 Å². The first-order chi connectivity index (χ1) is 14.4. The lowest BCUT2D eigenvalue weighted by Gasteiger charge is -2.57. The Hall–Kier alpha value is -1.15. The summed E-state index contributed by atoms with van der Waals surface area (Å²) in [6.07, 6.45) is 15.2. The van der Waals surface area contributed by atoms with Crippen LogP contribution in [0.1, 0.15) is 70.8 Å². The number of benzene rings is 1. The van der Waals surface area contributed by atoms with Gasteiger partial charge in [-0.2, -0.15) is 0 Å². The summed E-state index contributed by atoms with van der Waals surface area (Å²) in [6.45, 7) is 5.01. The third kappa shape index (κ3) is 3.29. The third-order valence-electron chi connectivity index (χ3n) is 9.61. The lowest BCUT2D eigenvalue weighted by molar-refractivity contribution is -0.129. The Morgan fingerprint density at radius 3 is 2.67 bits per heavy atom. The molecule has 0 heterocycles. The summed E-state index contributed by atoms with van der Waals surface area (Å²) < 4.78 is 1.37. The van der Waals surface area contributed by atoms with Gasteiger partial charge >= 0.3 is 0 Å². The fourth-order valence-corrected chi connectivity index (χ4v) is 8.35. The number of carbonyl (C=O) groups is 1. The fourth-order valence-electron chi connectivity index (χ4n) is 7.91. The largest absolute Gasteiger partial charge is 0.299 e. The second kappa shape index (κ2) is 7.76. The van der Waals surface area contributed by atoms with Crippen LogP contribution in [0.25, 0.3) is 0 Å². The first-order valence-electron chi connectivity index (χ1n) is 12.1. The van der Waals surface area contributed by atoms with Crippen LogP contribution in [0, 0.1) is 34.5 Å². The van der Waals surface area contributed by atoms with Crippen molar-refractivity contribution >= 4 is 21.7 Å². The summed E-state index contributed by atoms with van der Waals surface area (Å²) in [7, 11) is 0. The topological polar surface area (TPSA) is 17.1 Å². The SMILES string of the molecule is C[C@]12CC[C@H]3[C@@H](CC=C4C=C(Br)CC[C@@]43C)[C@@H]1CC[C@@H]2C(=O)CCc1ccccc1. The molecule has 30 heavy (non-hydrogen) atoms. The van der Waals surface area contributed by atoms with E-state index in [-0.39, 0.29) is 11.3 Å². The predicted molar refractivity (Wildman–Crippen MR) is 127 cm³/mol. The monoisotopic (exact) mass is 466 g/mol. The molecule has 1 nitrogen and oxygen atoms in total. The molecule has 5 rings (SSSR count). The molecular weight excluding hydrogens is 432 g/mol. The Morgan fingerprint density at radius 1 is 1.07 bits per heavy atom. The highest BCUT2D eigenvalue weighted by Crippen LogP contribution is 2.66. The molecular formula is C28H35BrO. The van der Waals surface area contributed by atoms with Crippen LogP contribution in [0.3, 0.4) is 0 Å². The number of hydrogen-bond acceptors (Lipinski definition) is 1. The van der Waals surface area contributed by atoms with Crippen molar-refractivity contribution in [2.75, 3.05) is 0 Å². The molecule has 0 amide bonds. The van der Waals surface area contributed by atoms with Gasteiger partial charge < -0.3 is 0 Å². The lowest BCUT2D eigenvalue weighted by Crippen LogP contribution is -2.49. The molecule has 0 aromatic heterocycles. The van der Waals surface area contributed by atoms with Crippen LogP contribution in [0.2, 0.25) is 0 Å². The molecule has 6 atom stereocenters. The predicted octanol–water partition coefficient (Wildman–Crippen LogP) is 7.66. The molecule has 0 aliphatic heterocycles. The zero-order chi connectivity index (χ0) is 20.9. The average molecular weight is 467 g/mol. The summed E-state index contributed by atoms with van der Waals surface area (Å²) in [4.78, 5) is 13.3. The van der Waals surface area contributed by atoms with E-state index in [1.807, 2.05) is 0 Å². The lowest BCUT2D eigenvalue weighted by atomic mass is 9.48. The molecule has 0 unspecified atom stereocenters. The number of aryl methyl sites for hydroxylation is 1. The van der Waals surface area contributed by atoms with Crippen molar-refractivity contribution in [2.24, 2.45) is 34.5 Å². The van der Waals surface area contributed by atoms with Crippen molar-refractivity contribution in [3.05, 3.63) is 58.1 Å². The second-order valence-electron chi connectivity index (χ2n) is 10.9. The number of carbonyl (C=O) groups excluding carboxylic acids is 1. The summed E-state index contributed by atoms with van der Waals surface area (Å²) in [6, 6.07) is 10.5. The minimum Gasteiger partial charge on any atom is -0.299 e. The van der Waals surface area contributed by atoms with E-state index in [1.165, 1.54) is 48.6 Å². The Kier molecular flexibility index (Phi) is 5.37. The third-order valence-corrected chi connectivity index (χ3v) is 10.2. The molecule has 0 saturated heterocycles. The van der Waals surface area contributed by atoms with Gasteiger partial charge in [0, 0.05) is 12.3 Å². The minimum absolute atomic E-state index is 0.224. The quantitative estimate of drug-likeness (QED) is 0.444. The van der Waals surface area contributed by atoms with Gasteiger partial charge in [0.15, 0.2) is 0 Å². The van der Waals surface area contributed by atoms with E-state index < -0.39 is 0 Å². The first kappa shape index (κ1) is 20.7. The number of halogens is 1. The molecule has 160 valence electrons. The molecule has 4 aliphatic carbocycles. The van der Waals surface area contributed by atoms with Crippen LogP contribution in [-0.4, -0.2) is 5.78 Å². The van der Waals surface area contributed by atoms with Gasteiger partial charge in [-0.1, -0.05) is 66.2 Å². The highest BCUT2D eigenvalue weighted by Gasteiger charge is 2.59. The van der Waals surface area contributed by atoms with Gasteiger partial charge in [-0.25, -0.2) is 0 Å². The number of Topliss-reactive ketones (excluding diaryl/α,β-unsaturated/α-hetero) is 1. The van der Waals surface area contributed by atoms with Crippen molar-refractivity contribution in [3.8, 4) is 0 Å². The van der Waals surface area contributed by atoms with Crippen LogP contribution < -0.4 is 0 Å². The zero-order valence-electron chi connectivity index (χ0n) is 18.5. The maximum Gasteiger partial charge on any atom is 0.136 e. The first-order valence-corrected chi connectivity index (χ1v) is 12.8. The van der Waals surface area contributed by atoms with Crippen molar-refractivity contribution in [1.82, 2.24) is 0 Å². The number of hydrogen-bond donors (Lipinski definition) is 0. The van der Waals surface area contributed by atoms with Crippen molar-refractivity contribution in [1.29, 1.82) is 0 Å². The molecule has 2 heteroatoms. The van der Waals surface area contributed by atoms with Gasteiger partial charge in [-0.3, -0.25) is 4.79 Å². The van der Waals surface area contributed by atoms with E-state index >= 15 is 0 Å². The molecule has 4 aliphatic rings. The maximum atomic E-state index is 13.3. The van der Waals surface area contributed by atoms with E-state index in [4.69, 9.17) is 0 Å². The van der Waals surface area contributed by atoms with Crippen molar-refractivity contribution in [2.45, 2.75) is 71.6 Å². The average Bonchev–Trinajstić information content (AvgIpc) is 3.10. The maximum absolute atomic E-state index is 13.3. The van der Waals surface area contributed by atoms with Crippen LogP contribution in [0.15, 0.2) is 52.5 Å². The van der Waals surface area contributed by atoms with Gasteiger partial charge in [0.2, 0.25) is 0 Å². The van der Waals surface area contributed by atoms with E-state index in [9.17, 15) is 4.79 Å². The molecule has 0 bridgehead atoms. The standard InChI is InChI=1S/C28H35BrO/c1-27-16-14-21(29)18-20(27)9-10-22-23-11-12-25(28(23,2)17-15-24(22)27)26(30)13-8-19-6-4-3-5-7-19/h3-7,9,18,22-25H,8,10-17H2,1-2H3/t22-,23-,24-,25+,27-,28-/m0/s1. The molecule has 2 fully saturated rings. The van der Waals surface area contributed by atoms with Gasteiger partial charge in [0.25, 0.3) is 0 Å². The molecule has 0 N–H and O–H groups in total. The Balaban J connectivity index is 1.33. The Labute approximate surface area is 190 Å². The summed E-state index contributed by atoms with van der Waals surface area (Å²) in [5, 5.41) is 0. The van der Waals surface area contributed by atoms with Crippen molar-refractivity contribution in [3.63, 3.8) is 0 Å². The van der Waals surface area contributed by atoms with Crippen LogP contribution in [0.4, 0.5) is 0 Å². The summed E-state index contributed by atoms with van der Waals surface area (Å²) in [5.74, 6) is 3.11. The second-order valence-corrected chi connectivity index (χ2v) is 11.9. The normalized spacial score (nSPS) is 40.0. The van der Waals surface area contributed by atoms with E-state index in [0.29, 0.717) is 17.6 Å². The van der Waals surface area contributed by atoms with Crippen LogP contribution in [0.5, 0.6) is 0 Å². The molecule has 1 aromatic rings. The molecule has 1 aromatic carbocycles. The highest BCUT2D eigenvalue weighted by molar-refractivity contribution is 9.11. The fraction of sp³-hybridized carbons (Fsp3) is 0.607. The minimum atomic E-state index is 0.224. The van der Waals surface area contributed by atoms with E-state index in [2.05, 4.69) is 72.3 Å². The number of fused-ring (bicyclic) bond motifs is 5. The number of allylic oxidation sites excluding steroid dienone is 4. The van der Waals surface area contributed by atoms with Crippen molar-refractivity contribution < 1.29 is 4.79 Å². The Bertz CT molecular complexity index is 883. The smallest absolute Gasteiger partial charge is 0.136 e. The molecule has 0 spiro atoms. The van der Waals surface area contributed by atoms with Gasteiger partial charge in [0.1, 0.15) is 5.78 Å². The molecule has 0 radical (unpaired) electrons. The number of rotatable bonds is 4. The summed E-state index contributed by atoms with van der Waals surface area (Å²) in [5.41, 5.74) is 3.45. The van der Waals surface area contributed by atoms with E-state index in [1.54, 1.807) is 5.57 Å². The zero-order valence-corrected chi connectivity index (χ0v) is 20.1. The van der Waals surface area contributed by atoms with Crippen LogP contribution in [-0.2, 0) is 11.2 Å². The highest BCUT2D eigenvalue weighted by atomic mass is 79.9. The van der Waals surface area contributed by atoms with Gasteiger partial charge in [-0.05, 0) is 102 Å². The van der Waals surface area contributed by atoms with Crippen LogP contribution >= 0.6 is 15.9 Å². The van der Waals surface area contributed by atoms with Gasteiger partial charge in [-0.15, -0.1) is 0 Å². The summed E-state index contributed by atoms with van der Waals surface area (Å²) >= 11 is 3.75. The van der Waals surface area contributed by atoms with Gasteiger partial charge in [0.05, 0.1) is 0 Å².